The molecule has 0 saturated heterocycles. The standard InChI is InChI=1S/C20H26N2O4S/c1-6-19(20(23)21-18-12-7-14(2)13-15(18)3)22(27(5,24)25)16-8-10-17(26-4)11-9-16/h7-13,19H,6H2,1-5H3,(H,21,23)/t19-/m1/s1. The van der Waals surface area contributed by atoms with E-state index in [0.717, 1.165) is 21.7 Å². The summed E-state index contributed by atoms with van der Waals surface area (Å²) in [5.41, 5.74) is 3.11. The van der Waals surface area contributed by atoms with Gasteiger partial charge < -0.3 is 10.1 Å². The lowest BCUT2D eigenvalue weighted by molar-refractivity contribution is -0.117. The SMILES string of the molecule is CC[C@H](C(=O)Nc1ccc(C)cc1C)N(c1ccc(OC)cc1)S(C)(=O)=O. The molecule has 7 heteroatoms. The Hall–Kier alpha value is -2.54. The first-order chi connectivity index (χ1) is 12.7. The summed E-state index contributed by atoms with van der Waals surface area (Å²) in [6, 6.07) is 11.4. The van der Waals surface area contributed by atoms with Crippen molar-refractivity contribution in [1.29, 1.82) is 0 Å². The first-order valence-electron chi connectivity index (χ1n) is 8.69. The largest absolute Gasteiger partial charge is 0.497 e. The van der Waals surface area contributed by atoms with Gasteiger partial charge in [-0.15, -0.1) is 0 Å². The number of amides is 1. The number of benzene rings is 2. The summed E-state index contributed by atoms with van der Waals surface area (Å²) < 4.78 is 31.2. The molecule has 0 unspecified atom stereocenters. The van der Waals surface area contributed by atoms with Crippen LogP contribution < -0.4 is 14.4 Å². The monoisotopic (exact) mass is 390 g/mol. The van der Waals surface area contributed by atoms with E-state index in [9.17, 15) is 13.2 Å². The first-order valence-corrected chi connectivity index (χ1v) is 10.5. The zero-order valence-electron chi connectivity index (χ0n) is 16.3. The van der Waals surface area contributed by atoms with Gasteiger partial charge in [0.25, 0.3) is 0 Å². The zero-order chi connectivity index (χ0) is 20.2. The third-order valence-electron chi connectivity index (χ3n) is 4.30. The van der Waals surface area contributed by atoms with Gasteiger partial charge in [-0.2, -0.15) is 0 Å². The molecule has 0 heterocycles. The van der Waals surface area contributed by atoms with Gasteiger partial charge in [0, 0.05) is 5.69 Å². The number of rotatable bonds is 7. The second-order valence-electron chi connectivity index (χ2n) is 6.49. The van der Waals surface area contributed by atoms with Gasteiger partial charge >= 0.3 is 0 Å². The van der Waals surface area contributed by atoms with Crippen LogP contribution in [0.5, 0.6) is 5.75 Å². The van der Waals surface area contributed by atoms with E-state index in [0.29, 0.717) is 23.5 Å². The lowest BCUT2D eigenvalue weighted by Crippen LogP contribution is -2.47. The van der Waals surface area contributed by atoms with E-state index in [-0.39, 0.29) is 5.91 Å². The van der Waals surface area contributed by atoms with Gasteiger partial charge in [0.1, 0.15) is 11.8 Å². The van der Waals surface area contributed by atoms with E-state index in [2.05, 4.69) is 5.32 Å². The maximum absolute atomic E-state index is 12.9. The van der Waals surface area contributed by atoms with Crippen LogP contribution in [0.1, 0.15) is 24.5 Å². The lowest BCUT2D eigenvalue weighted by atomic mass is 10.1. The summed E-state index contributed by atoms with van der Waals surface area (Å²) in [5.74, 6) is 0.241. The molecule has 0 radical (unpaired) electrons. The molecule has 6 nitrogen and oxygen atoms in total. The fourth-order valence-corrected chi connectivity index (χ4v) is 4.17. The van der Waals surface area contributed by atoms with E-state index >= 15 is 0 Å². The first kappa shape index (κ1) is 20.8. The number of carbonyl (C=O) groups excluding carboxylic acids is 1. The highest BCUT2D eigenvalue weighted by atomic mass is 32.2. The Morgan fingerprint density at radius 1 is 1.15 bits per heavy atom. The number of sulfonamides is 1. The maximum atomic E-state index is 12.9. The Labute approximate surface area is 161 Å². The van der Waals surface area contributed by atoms with Gasteiger partial charge in [0.2, 0.25) is 15.9 Å². The third kappa shape index (κ3) is 5.01. The number of nitrogens with zero attached hydrogens (tertiary/aromatic N) is 1. The van der Waals surface area contributed by atoms with Gasteiger partial charge in [-0.25, -0.2) is 8.42 Å². The number of hydrogen-bond donors (Lipinski definition) is 1. The molecule has 0 spiro atoms. The summed E-state index contributed by atoms with van der Waals surface area (Å²) in [6.45, 7) is 5.66. The van der Waals surface area contributed by atoms with Crippen molar-refractivity contribution < 1.29 is 17.9 Å². The lowest BCUT2D eigenvalue weighted by Gasteiger charge is -2.30. The molecule has 2 aromatic carbocycles. The summed E-state index contributed by atoms with van der Waals surface area (Å²) in [5, 5.41) is 2.86. The maximum Gasteiger partial charge on any atom is 0.248 e. The van der Waals surface area contributed by atoms with Crippen LogP contribution in [0.4, 0.5) is 11.4 Å². The third-order valence-corrected chi connectivity index (χ3v) is 5.48. The summed E-state index contributed by atoms with van der Waals surface area (Å²) in [6.07, 6.45) is 1.43. The highest BCUT2D eigenvalue weighted by Gasteiger charge is 2.31. The molecule has 0 aliphatic rings. The van der Waals surface area contributed by atoms with Gasteiger partial charge in [0.05, 0.1) is 19.1 Å². The molecule has 2 aromatic rings. The smallest absolute Gasteiger partial charge is 0.248 e. The molecule has 0 fully saturated rings. The Bertz CT molecular complexity index is 908. The number of nitrogens with one attached hydrogen (secondary N) is 1. The molecular weight excluding hydrogens is 364 g/mol. The Morgan fingerprint density at radius 3 is 2.26 bits per heavy atom. The fraction of sp³-hybridized carbons (Fsp3) is 0.350. The summed E-state index contributed by atoms with van der Waals surface area (Å²) >= 11 is 0. The van der Waals surface area contributed by atoms with Gasteiger partial charge in [-0.05, 0) is 56.2 Å². The highest BCUT2D eigenvalue weighted by molar-refractivity contribution is 7.92. The molecule has 0 aliphatic carbocycles. The van der Waals surface area contributed by atoms with Crippen molar-refractivity contribution in [3.05, 3.63) is 53.6 Å². The topological polar surface area (TPSA) is 75.7 Å². The molecule has 2 rings (SSSR count). The number of methoxy groups -OCH3 is 1. The average Bonchev–Trinajstić information content (AvgIpc) is 2.61. The van der Waals surface area contributed by atoms with E-state index in [1.807, 2.05) is 32.0 Å². The van der Waals surface area contributed by atoms with Crippen molar-refractivity contribution in [1.82, 2.24) is 0 Å². The molecule has 0 aromatic heterocycles. The van der Waals surface area contributed by atoms with Crippen LogP contribution in [0.2, 0.25) is 0 Å². The van der Waals surface area contributed by atoms with Gasteiger partial charge in [0.15, 0.2) is 0 Å². The van der Waals surface area contributed by atoms with Crippen molar-refractivity contribution in [2.24, 2.45) is 0 Å². The van der Waals surface area contributed by atoms with Crippen LogP contribution in [0.15, 0.2) is 42.5 Å². The van der Waals surface area contributed by atoms with Crippen molar-refractivity contribution in [3.8, 4) is 5.75 Å². The molecule has 0 bridgehead atoms. The molecule has 1 atom stereocenters. The number of anilines is 2. The van der Waals surface area contributed by atoms with Crippen molar-refractivity contribution in [3.63, 3.8) is 0 Å². The minimum atomic E-state index is -3.67. The minimum Gasteiger partial charge on any atom is -0.497 e. The van der Waals surface area contributed by atoms with E-state index in [4.69, 9.17) is 4.74 Å². The van der Waals surface area contributed by atoms with Crippen molar-refractivity contribution in [2.75, 3.05) is 23.0 Å². The summed E-state index contributed by atoms with van der Waals surface area (Å²) in [4.78, 5) is 12.9. The minimum absolute atomic E-state index is 0.329. The van der Waals surface area contributed by atoms with Crippen LogP contribution >= 0.6 is 0 Å². The molecule has 1 N–H and O–H groups in total. The molecular formula is C20H26N2O4S. The zero-order valence-corrected chi connectivity index (χ0v) is 17.1. The number of ether oxygens (including phenoxy) is 1. The van der Waals surface area contributed by atoms with Gasteiger partial charge in [-0.3, -0.25) is 9.10 Å². The van der Waals surface area contributed by atoms with E-state index in [1.165, 1.54) is 7.11 Å². The predicted molar refractivity (Wildman–Crippen MR) is 109 cm³/mol. The highest BCUT2D eigenvalue weighted by Crippen LogP contribution is 2.26. The van der Waals surface area contributed by atoms with Crippen LogP contribution in [0, 0.1) is 13.8 Å². The normalized spacial score (nSPS) is 12.3. The second-order valence-corrected chi connectivity index (χ2v) is 8.35. The van der Waals surface area contributed by atoms with Crippen molar-refractivity contribution in [2.45, 2.75) is 33.2 Å². The molecule has 0 saturated carbocycles. The average molecular weight is 391 g/mol. The Balaban J connectivity index is 2.37. The Kier molecular flexibility index (Phi) is 6.49. The van der Waals surface area contributed by atoms with Crippen LogP contribution in [0.25, 0.3) is 0 Å². The fourth-order valence-electron chi connectivity index (χ4n) is 2.96. The van der Waals surface area contributed by atoms with Crippen molar-refractivity contribution >= 4 is 27.3 Å². The van der Waals surface area contributed by atoms with Crippen LogP contribution in [0.3, 0.4) is 0 Å². The number of aryl methyl sites for hydroxylation is 2. The molecule has 27 heavy (non-hydrogen) atoms. The predicted octanol–water partition coefficient (Wildman–Crippen LogP) is 3.50. The van der Waals surface area contributed by atoms with E-state index in [1.54, 1.807) is 31.2 Å². The number of carbonyl (C=O) groups is 1. The summed E-state index contributed by atoms with van der Waals surface area (Å²) in [7, 11) is -2.13. The Morgan fingerprint density at radius 2 is 1.78 bits per heavy atom. The van der Waals surface area contributed by atoms with Crippen LogP contribution in [-0.4, -0.2) is 33.7 Å². The molecule has 0 aliphatic heterocycles. The quantitative estimate of drug-likeness (QED) is 0.785. The van der Waals surface area contributed by atoms with Crippen LogP contribution in [-0.2, 0) is 14.8 Å². The molecule has 1 amide bonds. The molecule has 146 valence electrons. The van der Waals surface area contributed by atoms with E-state index < -0.39 is 16.1 Å². The van der Waals surface area contributed by atoms with Gasteiger partial charge in [-0.1, -0.05) is 24.6 Å². The number of hydrogen-bond acceptors (Lipinski definition) is 4. The second kappa shape index (κ2) is 8.43.